The van der Waals surface area contributed by atoms with Crippen molar-refractivity contribution >= 4 is 23.6 Å². The molecule has 0 heterocycles. The molecule has 2 N–H and O–H groups in total. The first-order valence-corrected chi connectivity index (χ1v) is 18.9. The topological polar surface area (TPSA) is 110 Å². The Hall–Kier alpha value is -3.03. The van der Waals surface area contributed by atoms with Gasteiger partial charge in [-0.15, -0.1) is 0 Å². The Labute approximate surface area is 297 Å². The maximum atomic E-state index is 13.9. The van der Waals surface area contributed by atoms with Crippen LogP contribution in [0.1, 0.15) is 137 Å². The number of amides is 1. The van der Waals surface area contributed by atoms with Crippen molar-refractivity contribution in [3.8, 4) is 0 Å². The summed E-state index contributed by atoms with van der Waals surface area (Å²) in [5, 5.41) is 13.0. The van der Waals surface area contributed by atoms with Crippen LogP contribution in [0.25, 0.3) is 0 Å². The number of rotatable bonds is 7. The number of ether oxygens (including phenoxy) is 1. The van der Waals surface area contributed by atoms with E-state index >= 15 is 0 Å². The number of halogens is 1. The highest BCUT2D eigenvalue weighted by atomic mass is 19.1. The lowest BCUT2D eigenvalue weighted by molar-refractivity contribution is -0.232. The second-order valence-corrected chi connectivity index (χ2v) is 18.9. The van der Waals surface area contributed by atoms with Gasteiger partial charge in [0.1, 0.15) is 11.9 Å². The van der Waals surface area contributed by atoms with Gasteiger partial charge in [0, 0.05) is 17.4 Å². The molecule has 8 atom stereocenters. The van der Waals surface area contributed by atoms with Gasteiger partial charge >= 0.3 is 11.9 Å². The molecular weight excluding hydrogens is 633 g/mol. The molecule has 5 unspecified atom stereocenters. The summed E-state index contributed by atoms with van der Waals surface area (Å²) in [6.07, 6.45) is 7.19. The highest BCUT2D eigenvalue weighted by Crippen LogP contribution is 2.76. The lowest BCUT2D eigenvalue weighted by Crippen LogP contribution is -2.67. The Morgan fingerprint density at radius 3 is 2.20 bits per heavy atom. The predicted octanol–water partition coefficient (Wildman–Crippen LogP) is 8.70. The number of carboxylic acid groups (broad SMARTS) is 1. The van der Waals surface area contributed by atoms with E-state index in [4.69, 9.17) is 4.74 Å². The smallest absolute Gasteiger partial charge is 0.309 e. The molecule has 1 aromatic carbocycles. The fourth-order valence-electron chi connectivity index (χ4n) is 12.5. The van der Waals surface area contributed by atoms with Gasteiger partial charge in [-0.3, -0.25) is 19.2 Å². The molecule has 0 aromatic heterocycles. The van der Waals surface area contributed by atoms with Crippen LogP contribution in [0, 0.1) is 56.6 Å². The SMILES string of the molecule is CC(C)C1=C2C3CCC4C5(C)CC[C@H](OC(=O)CC(C)(C)C(=O)O)C(C)(C)C5CCC4(C)[C@]3(C)CC[C@@]2(NC(=O)c2ccc(F)cc2)CC1=O. The van der Waals surface area contributed by atoms with Crippen LogP contribution in [0.3, 0.4) is 0 Å². The number of carboxylic acids is 1. The summed E-state index contributed by atoms with van der Waals surface area (Å²) < 4.78 is 19.8. The van der Waals surface area contributed by atoms with E-state index in [2.05, 4.69) is 53.8 Å². The monoisotopic (exact) mass is 691 g/mol. The van der Waals surface area contributed by atoms with Crippen LogP contribution in [0.15, 0.2) is 35.4 Å². The fraction of sp³-hybridized carbons (Fsp3) is 0.714. The van der Waals surface area contributed by atoms with Crippen LogP contribution < -0.4 is 5.32 Å². The average molecular weight is 692 g/mol. The number of nitrogens with one attached hydrogen (secondary N) is 1. The Bertz CT molecular complexity index is 1630. The average Bonchev–Trinajstić information content (AvgIpc) is 3.30. The molecule has 0 aliphatic heterocycles. The van der Waals surface area contributed by atoms with Crippen molar-refractivity contribution < 1.29 is 33.4 Å². The second kappa shape index (κ2) is 12.0. The fourth-order valence-corrected chi connectivity index (χ4v) is 12.5. The van der Waals surface area contributed by atoms with Crippen molar-refractivity contribution in [2.75, 3.05) is 0 Å². The van der Waals surface area contributed by atoms with E-state index in [9.17, 15) is 28.7 Å². The van der Waals surface area contributed by atoms with E-state index in [-0.39, 0.29) is 64.1 Å². The number of hydrogen-bond donors (Lipinski definition) is 2. The summed E-state index contributed by atoms with van der Waals surface area (Å²) in [4.78, 5) is 52.4. The number of allylic oxidation sites excluding steroid dienone is 1. The lowest BCUT2D eigenvalue weighted by Gasteiger charge is -2.72. The summed E-state index contributed by atoms with van der Waals surface area (Å²) >= 11 is 0. The Morgan fingerprint density at radius 1 is 0.920 bits per heavy atom. The first kappa shape index (κ1) is 36.8. The van der Waals surface area contributed by atoms with Crippen LogP contribution in [0.2, 0.25) is 0 Å². The summed E-state index contributed by atoms with van der Waals surface area (Å²) in [5.74, 6) is -0.967. The molecule has 7 nitrogen and oxygen atoms in total. The molecule has 4 saturated carbocycles. The Kier molecular flexibility index (Phi) is 8.83. The molecule has 50 heavy (non-hydrogen) atoms. The van der Waals surface area contributed by atoms with Crippen molar-refractivity contribution in [2.24, 2.45) is 50.7 Å². The standard InChI is InChI=1S/C42H58FNO6/c1-24(2)33-28(45)22-42(44-35(47)25-10-12-26(43)13-11-25)21-20-40(8)27(34(33)42)14-15-30-39(7)18-17-31(50-32(46)23-37(3,4)36(48)49)38(5,6)29(39)16-19-41(30,40)9/h10-13,24,27,29-31H,14-23H2,1-9H3,(H,44,47)(H,48,49)/t27?,29?,30?,31-,39?,40+,41?,42+/m0/s1. The van der Waals surface area contributed by atoms with E-state index in [0.717, 1.165) is 56.1 Å². The molecule has 5 aliphatic carbocycles. The Morgan fingerprint density at radius 2 is 1.58 bits per heavy atom. The van der Waals surface area contributed by atoms with Crippen molar-refractivity contribution in [1.29, 1.82) is 0 Å². The maximum absolute atomic E-state index is 13.9. The lowest BCUT2D eigenvalue weighted by atomic mass is 9.33. The number of Topliss-reactive ketones (excluding diaryl/α,β-unsaturated/α-hetero) is 1. The van der Waals surface area contributed by atoms with Crippen molar-refractivity contribution in [3.05, 3.63) is 46.8 Å². The van der Waals surface area contributed by atoms with Crippen LogP contribution in [-0.2, 0) is 19.1 Å². The molecule has 0 saturated heterocycles. The molecule has 4 fully saturated rings. The highest BCUT2D eigenvalue weighted by molar-refractivity contribution is 6.03. The number of carbonyl (C=O) groups is 4. The van der Waals surface area contributed by atoms with E-state index in [0.29, 0.717) is 23.8 Å². The first-order chi connectivity index (χ1) is 23.1. The quantitative estimate of drug-likeness (QED) is 0.277. The van der Waals surface area contributed by atoms with Gasteiger partial charge in [0.2, 0.25) is 0 Å². The third-order valence-electron chi connectivity index (χ3n) is 15.3. The minimum atomic E-state index is -1.18. The van der Waals surface area contributed by atoms with Gasteiger partial charge in [-0.2, -0.15) is 0 Å². The molecule has 1 aromatic rings. The summed E-state index contributed by atoms with van der Waals surface area (Å²) in [6.45, 7) is 19.3. The van der Waals surface area contributed by atoms with Crippen molar-refractivity contribution in [1.82, 2.24) is 5.32 Å². The predicted molar refractivity (Wildman–Crippen MR) is 190 cm³/mol. The molecule has 6 rings (SSSR count). The molecule has 8 heteroatoms. The third kappa shape index (κ3) is 5.39. The van der Waals surface area contributed by atoms with Crippen LogP contribution in [-0.4, -0.2) is 40.4 Å². The third-order valence-corrected chi connectivity index (χ3v) is 15.3. The Balaban J connectivity index is 1.30. The zero-order chi connectivity index (χ0) is 36.8. The van der Waals surface area contributed by atoms with Crippen LogP contribution in [0.4, 0.5) is 4.39 Å². The molecule has 0 bridgehead atoms. The van der Waals surface area contributed by atoms with Gasteiger partial charge < -0.3 is 15.2 Å². The van der Waals surface area contributed by atoms with Crippen LogP contribution in [0.5, 0.6) is 0 Å². The van der Waals surface area contributed by atoms with E-state index < -0.39 is 28.7 Å². The van der Waals surface area contributed by atoms with E-state index in [1.54, 1.807) is 13.8 Å². The normalized spacial score (nSPS) is 37.7. The zero-order valence-corrected chi connectivity index (χ0v) is 31.6. The summed E-state index contributed by atoms with van der Waals surface area (Å²) in [6, 6.07) is 5.63. The molecular formula is C42H58FNO6. The van der Waals surface area contributed by atoms with E-state index in [1.165, 1.54) is 24.3 Å². The highest BCUT2D eigenvalue weighted by Gasteiger charge is 2.70. The molecule has 0 radical (unpaired) electrons. The minimum absolute atomic E-state index is 0.000123. The minimum Gasteiger partial charge on any atom is -0.481 e. The van der Waals surface area contributed by atoms with Gasteiger partial charge in [-0.05, 0) is 141 Å². The number of hydrogen-bond acceptors (Lipinski definition) is 5. The second-order valence-electron chi connectivity index (χ2n) is 18.9. The summed E-state index contributed by atoms with van der Waals surface area (Å²) in [7, 11) is 0. The number of aliphatic carboxylic acids is 1. The van der Waals surface area contributed by atoms with Gasteiger partial charge in [-0.1, -0.05) is 48.5 Å². The van der Waals surface area contributed by atoms with E-state index in [1.807, 2.05) is 0 Å². The van der Waals surface area contributed by atoms with Crippen molar-refractivity contribution in [3.63, 3.8) is 0 Å². The number of benzene rings is 1. The van der Waals surface area contributed by atoms with Gasteiger partial charge in [0.15, 0.2) is 5.78 Å². The first-order valence-electron chi connectivity index (χ1n) is 18.9. The maximum Gasteiger partial charge on any atom is 0.309 e. The molecule has 1 amide bonds. The number of ketones is 1. The van der Waals surface area contributed by atoms with Crippen LogP contribution >= 0.6 is 0 Å². The molecule has 5 aliphatic rings. The molecule has 274 valence electrons. The largest absolute Gasteiger partial charge is 0.481 e. The van der Waals surface area contributed by atoms with Crippen molar-refractivity contribution in [2.45, 2.75) is 138 Å². The van der Waals surface area contributed by atoms with Gasteiger partial charge in [-0.25, -0.2) is 4.39 Å². The molecule has 0 spiro atoms. The zero-order valence-electron chi connectivity index (χ0n) is 31.6. The number of esters is 1. The number of fused-ring (bicyclic) bond motifs is 7. The van der Waals surface area contributed by atoms with Gasteiger partial charge in [0.05, 0.1) is 17.4 Å². The number of carbonyl (C=O) groups excluding carboxylic acids is 3. The van der Waals surface area contributed by atoms with Gasteiger partial charge in [0.25, 0.3) is 5.91 Å². The summed E-state index contributed by atoms with van der Waals surface area (Å²) in [5.41, 5.74) is 0.231.